The Kier molecular flexibility index (Phi) is 4.75. The number of halogens is 3. The summed E-state index contributed by atoms with van der Waals surface area (Å²) in [5, 5.41) is 2.51. The molecule has 0 radical (unpaired) electrons. The molecule has 0 aliphatic carbocycles. The first-order valence-electron chi connectivity index (χ1n) is 5.24. The Morgan fingerprint density at radius 2 is 2.22 bits per heavy atom. The van der Waals surface area contributed by atoms with Crippen LogP contribution < -0.4 is 11.3 Å². The van der Waals surface area contributed by atoms with Crippen molar-refractivity contribution in [2.24, 2.45) is 5.84 Å². The molecule has 6 heteroatoms. The van der Waals surface area contributed by atoms with Crippen LogP contribution in [0.1, 0.15) is 17.2 Å². The van der Waals surface area contributed by atoms with Crippen molar-refractivity contribution < 1.29 is 4.39 Å². The van der Waals surface area contributed by atoms with Crippen LogP contribution in [0, 0.1) is 5.82 Å². The molecule has 0 spiro atoms. The van der Waals surface area contributed by atoms with E-state index in [1.807, 2.05) is 11.4 Å². The fourth-order valence-corrected chi connectivity index (χ4v) is 3.12. The van der Waals surface area contributed by atoms with Crippen LogP contribution in [-0.4, -0.2) is 0 Å². The molecule has 0 bridgehead atoms. The van der Waals surface area contributed by atoms with Gasteiger partial charge in [0, 0.05) is 5.02 Å². The van der Waals surface area contributed by atoms with Gasteiger partial charge in [0.05, 0.1) is 9.83 Å². The lowest BCUT2D eigenvalue weighted by Gasteiger charge is -2.15. The van der Waals surface area contributed by atoms with Gasteiger partial charge in [-0.3, -0.25) is 11.3 Å². The van der Waals surface area contributed by atoms with Crippen LogP contribution in [0.15, 0.2) is 33.4 Å². The van der Waals surface area contributed by atoms with Crippen molar-refractivity contribution in [2.45, 2.75) is 12.5 Å². The highest BCUT2D eigenvalue weighted by Gasteiger charge is 2.15. The van der Waals surface area contributed by atoms with Gasteiger partial charge in [0.25, 0.3) is 0 Å². The van der Waals surface area contributed by atoms with Crippen LogP contribution >= 0.6 is 38.9 Å². The highest BCUT2D eigenvalue weighted by atomic mass is 79.9. The lowest BCUT2D eigenvalue weighted by molar-refractivity contribution is 0.530. The largest absolute Gasteiger partial charge is 0.271 e. The Morgan fingerprint density at radius 1 is 1.44 bits per heavy atom. The Hall–Kier alpha value is -0.460. The zero-order valence-corrected chi connectivity index (χ0v) is 12.4. The third-order valence-corrected chi connectivity index (χ3v) is 4.38. The third kappa shape index (κ3) is 3.30. The first-order valence-corrected chi connectivity index (χ1v) is 7.29. The highest BCUT2D eigenvalue weighted by molar-refractivity contribution is 9.11. The molecule has 96 valence electrons. The summed E-state index contributed by atoms with van der Waals surface area (Å²) < 4.78 is 14.7. The molecule has 0 saturated heterocycles. The predicted octanol–water partition coefficient (Wildman–Crippen LogP) is 4.05. The molecule has 0 fully saturated rings. The molecule has 1 atom stereocenters. The lowest BCUT2D eigenvalue weighted by Crippen LogP contribution is -2.29. The summed E-state index contributed by atoms with van der Waals surface area (Å²) in [7, 11) is 0. The van der Waals surface area contributed by atoms with Crippen molar-refractivity contribution in [3.05, 3.63) is 55.4 Å². The number of hydrogen-bond donors (Lipinski definition) is 2. The minimum Gasteiger partial charge on any atom is -0.271 e. The summed E-state index contributed by atoms with van der Waals surface area (Å²) in [4.78, 5) is 0. The molecular weight excluding hydrogens is 339 g/mol. The van der Waals surface area contributed by atoms with E-state index in [0.29, 0.717) is 17.0 Å². The molecule has 0 saturated carbocycles. The van der Waals surface area contributed by atoms with Gasteiger partial charge in [0.1, 0.15) is 5.82 Å². The molecule has 0 amide bonds. The third-order valence-electron chi connectivity index (χ3n) is 2.62. The van der Waals surface area contributed by atoms with E-state index < -0.39 is 0 Å². The number of nitrogens with two attached hydrogens (primary N) is 1. The van der Waals surface area contributed by atoms with Gasteiger partial charge in [0.2, 0.25) is 0 Å². The molecule has 2 aromatic rings. The smallest absolute Gasteiger partial charge is 0.126 e. The number of hydrogen-bond acceptors (Lipinski definition) is 3. The molecule has 0 aliphatic rings. The van der Waals surface area contributed by atoms with Crippen LogP contribution in [0.5, 0.6) is 0 Å². The van der Waals surface area contributed by atoms with Crippen LogP contribution in [0.25, 0.3) is 0 Å². The number of nitrogens with one attached hydrogen (secondary N) is 1. The molecule has 0 aliphatic heterocycles. The van der Waals surface area contributed by atoms with Crippen molar-refractivity contribution >= 4 is 38.9 Å². The molecule has 1 aromatic carbocycles. The second kappa shape index (κ2) is 6.12. The SMILES string of the molecule is NNC(Cc1cc(Cl)ccc1F)c1csc(Br)c1. The van der Waals surface area contributed by atoms with E-state index in [0.717, 1.165) is 9.35 Å². The average molecular weight is 350 g/mol. The summed E-state index contributed by atoms with van der Waals surface area (Å²) in [6, 6.07) is 6.36. The van der Waals surface area contributed by atoms with E-state index in [9.17, 15) is 4.39 Å². The van der Waals surface area contributed by atoms with Gasteiger partial charge in [0.15, 0.2) is 0 Å². The number of hydrazine groups is 1. The van der Waals surface area contributed by atoms with Crippen molar-refractivity contribution in [1.82, 2.24) is 5.43 Å². The maximum atomic E-state index is 13.7. The lowest BCUT2D eigenvalue weighted by atomic mass is 10.0. The number of benzene rings is 1. The summed E-state index contributed by atoms with van der Waals surface area (Å²) in [6.45, 7) is 0. The van der Waals surface area contributed by atoms with E-state index in [1.165, 1.54) is 12.1 Å². The van der Waals surface area contributed by atoms with Gasteiger partial charge >= 0.3 is 0 Å². The van der Waals surface area contributed by atoms with Crippen LogP contribution in [-0.2, 0) is 6.42 Å². The fraction of sp³-hybridized carbons (Fsp3) is 0.167. The second-order valence-electron chi connectivity index (χ2n) is 3.84. The highest BCUT2D eigenvalue weighted by Crippen LogP contribution is 2.28. The van der Waals surface area contributed by atoms with E-state index in [-0.39, 0.29) is 11.9 Å². The summed E-state index contributed by atoms with van der Waals surface area (Å²) in [5.41, 5.74) is 4.27. The topological polar surface area (TPSA) is 38.0 Å². The Labute approximate surface area is 122 Å². The van der Waals surface area contributed by atoms with Crippen molar-refractivity contribution in [3.63, 3.8) is 0 Å². The molecule has 1 aromatic heterocycles. The maximum Gasteiger partial charge on any atom is 0.126 e. The van der Waals surface area contributed by atoms with Gasteiger partial charge in [-0.25, -0.2) is 4.39 Å². The van der Waals surface area contributed by atoms with Gasteiger partial charge in [-0.15, -0.1) is 11.3 Å². The minimum absolute atomic E-state index is 0.138. The molecule has 2 nitrogen and oxygen atoms in total. The second-order valence-corrected chi connectivity index (χ2v) is 6.57. The maximum absolute atomic E-state index is 13.7. The van der Waals surface area contributed by atoms with E-state index in [2.05, 4.69) is 21.4 Å². The van der Waals surface area contributed by atoms with Crippen molar-refractivity contribution in [2.75, 3.05) is 0 Å². The summed E-state index contributed by atoms with van der Waals surface area (Å²) in [6.07, 6.45) is 0.450. The first kappa shape index (κ1) is 14.0. The Bertz CT molecular complexity index is 547. The quantitative estimate of drug-likeness (QED) is 0.645. The molecule has 3 N–H and O–H groups in total. The predicted molar refractivity (Wildman–Crippen MR) is 77.2 cm³/mol. The van der Waals surface area contributed by atoms with E-state index >= 15 is 0 Å². The van der Waals surface area contributed by atoms with E-state index in [4.69, 9.17) is 17.4 Å². The fourth-order valence-electron chi connectivity index (χ4n) is 1.70. The molecular formula is C12H11BrClFN2S. The molecule has 1 unspecified atom stereocenters. The molecule has 1 heterocycles. The summed E-state index contributed by atoms with van der Waals surface area (Å²) in [5.74, 6) is 5.26. The molecule has 18 heavy (non-hydrogen) atoms. The zero-order valence-electron chi connectivity index (χ0n) is 9.29. The Balaban J connectivity index is 2.22. The van der Waals surface area contributed by atoms with Crippen LogP contribution in [0.3, 0.4) is 0 Å². The number of rotatable bonds is 4. The molecule has 2 rings (SSSR count). The summed E-state index contributed by atoms with van der Waals surface area (Å²) >= 11 is 10.8. The zero-order chi connectivity index (χ0) is 13.1. The average Bonchev–Trinajstić information content (AvgIpc) is 2.77. The Morgan fingerprint density at radius 3 is 2.83 bits per heavy atom. The first-order chi connectivity index (χ1) is 8.60. The van der Waals surface area contributed by atoms with Crippen molar-refractivity contribution in [1.29, 1.82) is 0 Å². The number of thiophene rings is 1. The van der Waals surface area contributed by atoms with Crippen LogP contribution in [0.2, 0.25) is 5.02 Å². The van der Waals surface area contributed by atoms with Crippen molar-refractivity contribution in [3.8, 4) is 0 Å². The van der Waals surface area contributed by atoms with Gasteiger partial charge < -0.3 is 0 Å². The standard InChI is InChI=1S/C12H11BrClFN2S/c13-12-5-8(6-18-12)11(17-16)4-7-3-9(14)1-2-10(7)15/h1-3,5-6,11,17H,4,16H2. The van der Waals surface area contributed by atoms with Gasteiger partial charge in [-0.05, 0) is 63.1 Å². The normalized spacial score (nSPS) is 12.7. The minimum atomic E-state index is -0.269. The van der Waals surface area contributed by atoms with Crippen LogP contribution in [0.4, 0.5) is 4.39 Å². The van der Waals surface area contributed by atoms with E-state index in [1.54, 1.807) is 17.4 Å². The monoisotopic (exact) mass is 348 g/mol. The van der Waals surface area contributed by atoms with Gasteiger partial charge in [-0.2, -0.15) is 0 Å². The van der Waals surface area contributed by atoms with Gasteiger partial charge in [-0.1, -0.05) is 11.6 Å².